The number of sulfonamides is 1. The summed E-state index contributed by atoms with van der Waals surface area (Å²) < 4.78 is 27.0. The maximum Gasteiger partial charge on any atom is 0.324 e. The van der Waals surface area contributed by atoms with Crippen LogP contribution < -0.4 is 4.72 Å². The number of hydrogen-bond donors (Lipinski definition) is 2. The zero-order valence-electron chi connectivity index (χ0n) is 12.2. The van der Waals surface area contributed by atoms with Crippen molar-refractivity contribution in [2.75, 3.05) is 5.75 Å². The molecule has 1 aliphatic rings. The molecule has 1 saturated carbocycles. The highest BCUT2D eigenvalue weighted by Crippen LogP contribution is 2.40. The van der Waals surface area contributed by atoms with Gasteiger partial charge in [0.25, 0.3) is 0 Å². The van der Waals surface area contributed by atoms with Crippen LogP contribution in [0.5, 0.6) is 0 Å². The van der Waals surface area contributed by atoms with Crippen molar-refractivity contribution in [3.63, 3.8) is 0 Å². The quantitative estimate of drug-likeness (QED) is 0.806. The van der Waals surface area contributed by atoms with Crippen LogP contribution in [0.15, 0.2) is 30.3 Å². The number of carbonyl (C=O) groups is 1. The fourth-order valence-corrected chi connectivity index (χ4v) is 4.37. The van der Waals surface area contributed by atoms with Crippen LogP contribution in [-0.2, 0) is 14.8 Å². The molecule has 0 aliphatic heterocycles. The molecule has 2 atom stereocenters. The summed E-state index contributed by atoms with van der Waals surface area (Å²) >= 11 is 0. The van der Waals surface area contributed by atoms with Gasteiger partial charge < -0.3 is 5.11 Å². The van der Waals surface area contributed by atoms with E-state index in [2.05, 4.69) is 4.72 Å². The number of rotatable bonds is 7. The zero-order chi connectivity index (χ0) is 15.7. The van der Waals surface area contributed by atoms with E-state index in [-0.39, 0.29) is 17.6 Å². The van der Waals surface area contributed by atoms with Crippen molar-refractivity contribution < 1.29 is 18.3 Å². The first-order valence-electron chi connectivity index (χ1n) is 7.04. The molecule has 1 aromatic carbocycles. The molecule has 6 heteroatoms. The molecular weight excluding hydrogens is 290 g/mol. The van der Waals surface area contributed by atoms with Crippen LogP contribution in [0.1, 0.15) is 38.2 Å². The van der Waals surface area contributed by atoms with Gasteiger partial charge in [-0.05, 0) is 37.2 Å². The molecule has 0 amide bonds. The first-order valence-corrected chi connectivity index (χ1v) is 8.70. The van der Waals surface area contributed by atoms with Crippen molar-refractivity contribution in [2.45, 2.75) is 38.1 Å². The van der Waals surface area contributed by atoms with Crippen LogP contribution in [0, 0.1) is 5.92 Å². The lowest BCUT2D eigenvalue weighted by molar-refractivity contribution is -0.144. The summed E-state index contributed by atoms with van der Waals surface area (Å²) in [6.45, 7) is 3.28. The van der Waals surface area contributed by atoms with Crippen molar-refractivity contribution in [2.24, 2.45) is 5.92 Å². The molecule has 2 rings (SSSR count). The van der Waals surface area contributed by atoms with Gasteiger partial charge >= 0.3 is 5.97 Å². The van der Waals surface area contributed by atoms with Crippen molar-refractivity contribution in [3.8, 4) is 0 Å². The fourth-order valence-electron chi connectivity index (χ4n) is 2.53. The molecule has 0 radical (unpaired) electrons. The Labute approximate surface area is 125 Å². The SMILES string of the molecule is CC(CS(=O)(=O)NC(C)(C(=O)O)C1CC1)c1ccccc1. The van der Waals surface area contributed by atoms with Crippen molar-refractivity contribution in [1.29, 1.82) is 0 Å². The van der Waals surface area contributed by atoms with Gasteiger partial charge in [0.1, 0.15) is 5.54 Å². The minimum atomic E-state index is -3.67. The average Bonchev–Trinajstić information content (AvgIpc) is 3.22. The Morgan fingerprint density at radius 2 is 1.95 bits per heavy atom. The van der Waals surface area contributed by atoms with E-state index in [1.54, 1.807) is 0 Å². The van der Waals surface area contributed by atoms with Crippen LogP contribution in [0.2, 0.25) is 0 Å². The number of carboxylic acid groups (broad SMARTS) is 1. The molecule has 2 N–H and O–H groups in total. The molecule has 116 valence electrons. The molecule has 1 aliphatic carbocycles. The lowest BCUT2D eigenvalue weighted by Gasteiger charge is -2.26. The normalized spacial score (nSPS) is 19.7. The van der Waals surface area contributed by atoms with Crippen LogP contribution in [0.4, 0.5) is 0 Å². The second-order valence-corrected chi connectivity index (χ2v) is 7.74. The highest BCUT2D eigenvalue weighted by molar-refractivity contribution is 7.89. The summed E-state index contributed by atoms with van der Waals surface area (Å²) in [6.07, 6.45) is 1.50. The lowest BCUT2D eigenvalue weighted by atomic mass is 9.98. The average molecular weight is 311 g/mol. The van der Waals surface area contributed by atoms with Crippen molar-refractivity contribution >= 4 is 16.0 Å². The van der Waals surface area contributed by atoms with Gasteiger partial charge in [-0.25, -0.2) is 8.42 Å². The fraction of sp³-hybridized carbons (Fsp3) is 0.533. The summed E-state index contributed by atoms with van der Waals surface area (Å²) in [5.41, 5.74) is -0.471. The number of nitrogens with one attached hydrogen (secondary N) is 1. The van der Waals surface area contributed by atoms with Gasteiger partial charge in [0.15, 0.2) is 0 Å². The van der Waals surface area contributed by atoms with E-state index in [1.165, 1.54) is 6.92 Å². The van der Waals surface area contributed by atoms with Crippen molar-refractivity contribution in [1.82, 2.24) is 4.72 Å². The third kappa shape index (κ3) is 3.83. The van der Waals surface area contributed by atoms with E-state index >= 15 is 0 Å². The number of aliphatic carboxylic acids is 1. The smallest absolute Gasteiger partial charge is 0.324 e. The molecule has 0 bridgehead atoms. The first-order chi connectivity index (χ1) is 9.74. The summed E-state index contributed by atoms with van der Waals surface area (Å²) in [5, 5.41) is 9.33. The second kappa shape index (κ2) is 5.77. The number of benzene rings is 1. The van der Waals surface area contributed by atoms with Crippen LogP contribution in [0.25, 0.3) is 0 Å². The summed E-state index contributed by atoms with van der Waals surface area (Å²) in [5.74, 6) is -1.54. The molecule has 0 spiro atoms. The molecule has 21 heavy (non-hydrogen) atoms. The lowest BCUT2D eigenvalue weighted by Crippen LogP contribution is -2.54. The van der Waals surface area contributed by atoms with Gasteiger partial charge in [-0.1, -0.05) is 37.3 Å². The Hall–Kier alpha value is -1.40. The van der Waals surface area contributed by atoms with E-state index in [1.807, 2.05) is 37.3 Å². The Kier molecular flexibility index (Phi) is 4.39. The Morgan fingerprint density at radius 1 is 1.38 bits per heavy atom. The first kappa shape index (κ1) is 16.0. The van der Waals surface area contributed by atoms with Gasteiger partial charge in [0.05, 0.1) is 5.75 Å². The highest BCUT2D eigenvalue weighted by atomic mass is 32.2. The van der Waals surface area contributed by atoms with Gasteiger partial charge in [-0.15, -0.1) is 0 Å². The zero-order valence-corrected chi connectivity index (χ0v) is 13.1. The van der Waals surface area contributed by atoms with E-state index in [4.69, 9.17) is 0 Å². The monoisotopic (exact) mass is 311 g/mol. The minimum Gasteiger partial charge on any atom is -0.480 e. The Bertz CT molecular complexity index is 610. The molecule has 0 saturated heterocycles. The molecule has 0 aromatic heterocycles. The Morgan fingerprint density at radius 3 is 2.43 bits per heavy atom. The summed E-state index contributed by atoms with van der Waals surface area (Å²) in [7, 11) is -3.67. The van der Waals surface area contributed by atoms with Crippen LogP contribution in [0.3, 0.4) is 0 Å². The third-order valence-electron chi connectivity index (χ3n) is 4.04. The molecule has 5 nitrogen and oxygen atoms in total. The molecule has 0 heterocycles. The summed E-state index contributed by atoms with van der Waals surface area (Å²) in [4.78, 5) is 11.4. The van der Waals surface area contributed by atoms with Crippen molar-refractivity contribution in [3.05, 3.63) is 35.9 Å². The van der Waals surface area contributed by atoms with Crippen LogP contribution in [-0.4, -0.2) is 30.8 Å². The maximum atomic E-state index is 12.3. The predicted octanol–water partition coefficient (Wildman–Crippen LogP) is 1.96. The standard InChI is InChI=1S/C15H21NO4S/c1-11(12-6-4-3-5-7-12)10-21(19,20)16-15(2,14(17)18)13-8-9-13/h3-7,11,13,16H,8-10H2,1-2H3,(H,17,18). The predicted molar refractivity (Wildman–Crippen MR) is 80.5 cm³/mol. The molecular formula is C15H21NO4S. The number of carboxylic acids is 1. The van der Waals surface area contributed by atoms with Gasteiger partial charge in [0.2, 0.25) is 10.0 Å². The van der Waals surface area contributed by atoms with E-state index < -0.39 is 21.5 Å². The third-order valence-corrected chi connectivity index (χ3v) is 5.72. The minimum absolute atomic E-state index is 0.114. The highest BCUT2D eigenvalue weighted by Gasteiger charge is 2.49. The van der Waals surface area contributed by atoms with E-state index in [0.29, 0.717) is 0 Å². The van der Waals surface area contributed by atoms with Gasteiger partial charge in [-0.2, -0.15) is 4.72 Å². The van der Waals surface area contributed by atoms with Crippen LogP contribution >= 0.6 is 0 Å². The largest absolute Gasteiger partial charge is 0.480 e. The van der Waals surface area contributed by atoms with Gasteiger partial charge in [0, 0.05) is 0 Å². The van der Waals surface area contributed by atoms with E-state index in [9.17, 15) is 18.3 Å². The maximum absolute atomic E-state index is 12.3. The molecule has 1 fully saturated rings. The van der Waals surface area contributed by atoms with Gasteiger partial charge in [-0.3, -0.25) is 4.79 Å². The molecule has 2 unspecified atom stereocenters. The second-order valence-electron chi connectivity index (χ2n) is 5.98. The van der Waals surface area contributed by atoms with E-state index in [0.717, 1.165) is 18.4 Å². The summed E-state index contributed by atoms with van der Waals surface area (Å²) in [6, 6.07) is 9.33. The number of hydrogen-bond acceptors (Lipinski definition) is 3. The topological polar surface area (TPSA) is 83.5 Å². The Balaban J connectivity index is 2.10. The molecule has 1 aromatic rings.